The third kappa shape index (κ3) is 4.59. The largest absolute Gasteiger partial charge is 0.449 e. The van der Waals surface area contributed by atoms with Crippen molar-refractivity contribution >= 4 is 44.5 Å². The van der Waals surface area contributed by atoms with Crippen molar-refractivity contribution in [2.75, 3.05) is 17.2 Å². The number of thioether (sulfide) groups is 1. The lowest BCUT2D eigenvalue weighted by atomic mass is 9.78. The second-order valence-electron chi connectivity index (χ2n) is 8.53. The number of anilines is 1. The number of rotatable bonds is 4. The Morgan fingerprint density at radius 3 is 2.84 bits per heavy atom. The van der Waals surface area contributed by atoms with Crippen LogP contribution in [0.25, 0.3) is 0 Å². The quantitative estimate of drug-likeness (QED) is 0.682. The third-order valence-electron chi connectivity index (χ3n) is 6.40. The standard InChI is InChI=1S/C21H27N3O5S2/c1-12-5-4-6-16(13(12)2)22-19(25)14(3)29-20(26)15-7-8-17-18(11-15)30-21-23-31(27,28)10-9-24(17)21/h7-8,11-14,16H,4-6,9-10H2,1-3H3,(H,22,25)/t12-,13-,14+,16-/m1/s1. The van der Waals surface area contributed by atoms with Crippen molar-refractivity contribution in [3.63, 3.8) is 0 Å². The minimum Gasteiger partial charge on any atom is -0.449 e. The fourth-order valence-electron chi connectivity index (χ4n) is 4.23. The van der Waals surface area contributed by atoms with E-state index in [1.807, 2.05) is 4.90 Å². The summed E-state index contributed by atoms with van der Waals surface area (Å²) in [6, 6.07) is 5.15. The number of fused-ring (bicyclic) bond motifs is 3. The number of esters is 1. The zero-order chi connectivity index (χ0) is 22.3. The highest BCUT2D eigenvalue weighted by molar-refractivity contribution is 8.15. The molecule has 0 unspecified atom stereocenters. The Labute approximate surface area is 186 Å². The molecule has 1 amide bonds. The number of amides is 1. The van der Waals surface area contributed by atoms with Crippen LogP contribution in [0.1, 0.15) is 50.4 Å². The molecular formula is C21H27N3O5S2. The summed E-state index contributed by atoms with van der Waals surface area (Å²) in [5.41, 5.74) is 1.13. The Bertz CT molecular complexity index is 1040. The molecule has 1 aromatic carbocycles. The molecule has 0 bridgehead atoms. The average Bonchev–Trinajstić information content (AvgIpc) is 3.06. The Morgan fingerprint density at radius 2 is 2.06 bits per heavy atom. The van der Waals surface area contributed by atoms with Gasteiger partial charge in [-0.2, -0.15) is 0 Å². The molecule has 4 rings (SSSR count). The minimum absolute atomic E-state index is 0.0364. The van der Waals surface area contributed by atoms with E-state index in [0.717, 1.165) is 23.4 Å². The van der Waals surface area contributed by atoms with E-state index in [2.05, 4.69) is 23.6 Å². The van der Waals surface area contributed by atoms with Gasteiger partial charge in [0, 0.05) is 17.5 Å². The predicted octanol–water partition coefficient (Wildman–Crippen LogP) is 2.78. The fraction of sp³-hybridized carbons (Fsp3) is 0.571. The van der Waals surface area contributed by atoms with E-state index in [1.165, 1.54) is 18.2 Å². The Balaban J connectivity index is 1.40. The van der Waals surface area contributed by atoms with Gasteiger partial charge in [0.15, 0.2) is 11.3 Å². The molecule has 1 saturated carbocycles. The average molecular weight is 466 g/mol. The predicted molar refractivity (Wildman–Crippen MR) is 120 cm³/mol. The summed E-state index contributed by atoms with van der Waals surface area (Å²) in [7, 11) is -3.44. The zero-order valence-electron chi connectivity index (χ0n) is 17.8. The highest BCUT2D eigenvalue weighted by Gasteiger charge is 2.34. The Morgan fingerprint density at radius 1 is 1.29 bits per heavy atom. The van der Waals surface area contributed by atoms with E-state index in [0.29, 0.717) is 29.1 Å². The molecule has 1 aliphatic carbocycles. The van der Waals surface area contributed by atoms with Crippen LogP contribution >= 0.6 is 11.8 Å². The van der Waals surface area contributed by atoms with Gasteiger partial charge in [-0.1, -0.05) is 26.7 Å². The summed E-state index contributed by atoms with van der Waals surface area (Å²) in [5, 5.41) is 3.44. The SMILES string of the molecule is C[C@@H]1[C@H](C)CCC[C@H]1NC(=O)[C@H](C)OC(=O)c1ccc2c(c1)SC1=NS(=O)(=O)CCN12. The summed E-state index contributed by atoms with van der Waals surface area (Å²) in [4.78, 5) is 27.8. The number of nitrogens with zero attached hydrogens (tertiary/aromatic N) is 2. The van der Waals surface area contributed by atoms with Crippen molar-refractivity contribution in [3.8, 4) is 0 Å². The maximum Gasteiger partial charge on any atom is 0.338 e. The fourth-order valence-corrected chi connectivity index (χ4v) is 6.52. The molecule has 4 atom stereocenters. The second-order valence-corrected chi connectivity index (χ2v) is 11.3. The lowest BCUT2D eigenvalue weighted by Crippen LogP contribution is -2.47. The number of sulfonamides is 1. The van der Waals surface area contributed by atoms with Crippen molar-refractivity contribution in [1.29, 1.82) is 0 Å². The van der Waals surface area contributed by atoms with Gasteiger partial charge in [0.25, 0.3) is 15.9 Å². The van der Waals surface area contributed by atoms with Crippen LogP contribution in [-0.2, 0) is 19.6 Å². The van der Waals surface area contributed by atoms with Crippen molar-refractivity contribution < 1.29 is 22.7 Å². The van der Waals surface area contributed by atoms with Crippen molar-refractivity contribution in [3.05, 3.63) is 23.8 Å². The number of carbonyl (C=O) groups is 2. The van der Waals surface area contributed by atoms with Crippen LogP contribution in [0.5, 0.6) is 0 Å². The van der Waals surface area contributed by atoms with Crippen molar-refractivity contribution in [2.24, 2.45) is 16.2 Å². The lowest BCUT2D eigenvalue weighted by molar-refractivity contribution is -0.130. The molecule has 0 spiro atoms. The molecule has 3 aliphatic rings. The lowest BCUT2D eigenvalue weighted by Gasteiger charge is -2.35. The number of hydrogen-bond acceptors (Lipinski definition) is 7. The molecule has 2 aliphatic heterocycles. The van der Waals surface area contributed by atoms with Gasteiger partial charge in [0.05, 0.1) is 17.0 Å². The summed E-state index contributed by atoms with van der Waals surface area (Å²) in [5.74, 6) is 0.0344. The number of amidine groups is 1. The van der Waals surface area contributed by atoms with Crippen LogP contribution in [-0.4, -0.2) is 49.9 Å². The van der Waals surface area contributed by atoms with Crippen LogP contribution in [0.4, 0.5) is 5.69 Å². The third-order valence-corrected chi connectivity index (χ3v) is 8.70. The molecule has 2 heterocycles. The van der Waals surface area contributed by atoms with Gasteiger partial charge < -0.3 is 15.0 Å². The van der Waals surface area contributed by atoms with Crippen LogP contribution in [0, 0.1) is 11.8 Å². The maximum atomic E-state index is 12.6. The van der Waals surface area contributed by atoms with Crippen LogP contribution in [0.2, 0.25) is 0 Å². The van der Waals surface area contributed by atoms with E-state index in [9.17, 15) is 18.0 Å². The Hall–Kier alpha value is -2.07. The van der Waals surface area contributed by atoms with Crippen LogP contribution in [0.15, 0.2) is 27.5 Å². The summed E-state index contributed by atoms with van der Waals surface area (Å²) in [6.07, 6.45) is 2.29. The normalized spacial score (nSPS) is 27.5. The van der Waals surface area contributed by atoms with Crippen LogP contribution in [0.3, 0.4) is 0 Å². The molecule has 0 radical (unpaired) electrons. The van der Waals surface area contributed by atoms with Crippen molar-refractivity contribution in [1.82, 2.24) is 5.32 Å². The van der Waals surface area contributed by atoms with Gasteiger partial charge in [-0.3, -0.25) is 4.79 Å². The first kappa shape index (κ1) is 22.1. The second kappa shape index (κ2) is 8.46. The summed E-state index contributed by atoms with van der Waals surface area (Å²) in [6.45, 7) is 6.26. The smallest absolute Gasteiger partial charge is 0.338 e. The van der Waals surface area contributed by atoms with Crippen LogP contribution < -0.4 is 10.2 Å². The number of benzene rings is 1. The van der Waals surface area contributed by atoms with E-state index in [-0.39, 0.29) is 17.7 Å². The van der Waals surface area contributed by atoms with E-state index < -0.39 is 22.1 Å². The highest BCUT2D eigenvalue weighted by Crippen LogP contribution is 2.42. The molecule has 8 nitrogen and oxygen atoms in total. The van der Waals surface area contributed by atoms with Gasteiger partial charge in [-0.15, -0.1) is 4.40 Å². The molecule has 10 heteroatoms. The number of ether oxygens (including phenoxy) is 1. The molecule has 1 aromatic rings. The zero-order valence-corrected chi connectivity index (χ0v) is 19.5. The highest BCUT2D eigenvalue weighted by atomic mass is 32.2. The van der Waals surface area contributed by atoms with Gasteiger partial charge in [0.1, 0.15) is 0 Å². The minimum atomic E-state index is -3.44. The van der Waals surface area contributed by atoms with Crippen molar-refractivity contribution in [2.45, 2.75) is 57.1 Å². The van der Waals surface area contributed by atoms with E-state index in [1.54, 1.807) is 25.1 Å². The first-order chi connectivity index (χ1) is 14.6. The van der Waals surface area contributed by atoms with E-state index >= 15 is 0 Å². The summed E-state index contributed by atoms with van der Waals surface area (Å²) < 4.78 is 32.7. The topological polar surface area (TPSA) is 105 Å². The monoisotopic (exact) mass is 465 g/mol. The molecule has 31 heavy (non-hydrogen) atoms. The maximum absolute atomic E-state index is 12.6. The van der Waals surface area contributed by atoms with E-state index in [4.69, 9.17) is 4.74 Å². The number of hydrogen-bond donors (Lipinski definition) is 1. The molecule has 1 N–H and O–H groups in total. The molecule has 0 saturated heterocycles. The van der Waals surface area contributed by atoms with Gasteiger partial charge in [0.2, 0.25) is 0 Å². The summed E-state index contributed by atoms with van der Waals surface area (Å²) >= 11 is 1.21. The molecule has 1 fully saturated rings. The van der Waals surface area contributed by atoms with Gasteiger partial charge in [-0.25, -0.2) is 13.2 Å². The first-order valence-electron chi connectivity index (χ1n) is 10.6. The number of carbonyl (C=O) groups excluding carboxylic acids is 2. The molecule has 168 valence electrons. The number of nitrogens with one attached hydrogen (secondary N) is 1. The Kier molecular flexibility index (Phi) is 6.04. The first-order valence-corrected chi connectivity index (χ1v) is 13.0. The molecular weight excluding hydrogens is 438 g/mol. The molecule has 0 aromatic heterocycles. The van der Waals surface area contributed by atoms with Gasteiger partial charge >= 0.3 is 5.97 Å². The van der Waals surface area contributed by atoms with Gasteiger partial charge in [-0.05, 0) is 55.1 Å².